The van der Waals surface area contributed by atoms with Gasteiger partial charge in [-0.1, -0.05) is 17.7 Å². The van der Waals surface area contributed by atoms with Gasteiger partial charge in [-0.3, -0.25) is 9.10 Å². The molecule has 0 aliphatic carbocycles. The molecule has 1 N–H and O–H groups in total. The summed E-state index contributed by atoms with van der Waals surface area (Å²) in [4.78, 5) is 12.5. The summed E-state index contributed by atoms with van der Waals surface area (Å²) in [6.45, 7) is 0.919. The third kappa shape index (κ3) is 3.74. The number of hydrogen-bond donors (Lipinski definition) is 1. The van der Waals surface area contributed by atoms with Crippen LogP contribution in [0.3, 0.4) is 0 Å². The SMILES string of the molecule is O=C(NCc1ccc2c(c1)OCO2)c1ccc(N2CCCCS2(=O)=O)cc1Cl. The quantitative estimate of drug-likeness (QED) is 0.818. The molecule has 0 saturated carbocycles. The molecular formula is C19H19ClN2O5S. The highest BCUT2D eigenvalue weighted by Crippen LogP contribution is 2.32. The molecule has 0 atom stereocenters. The summed E-state index contributed by atoms with van der Waals surface area (Å²) in [7, 11) is -3.33. The smallest absolute Gasteiger partial charge is 0.253 e. The van der Waals surface area contributed by atoms with Gasteiger partial charge in [-0.15, -0.1) is 0 Å². The fourth-order valence-corrected chi connectivity index (χ4v) is 5.14. The lowest BCUT2D eigenvalue weighted by Gasteiger charge is -2.28. The van der Waals surface area contributed by atoms with Crippen LogP contribution in [0, 0.1) is 0 Å². The van der Waals surface area contributed by atoms with Gasteiger partial charge in [0.25, 0.3) is 5.91 Å². The highest BCUT2D eigenvalue weighted by atomic mass is 35.5. The van der Waals surface area contributed by atoms with Crippen molar-refractivity contribution < 1.29 is 22.7 Å². The molecule has 0 bridgehead atoms. The highest BCUT2D eigenvalue weighted by molar-refractivity contribution is 7.92. The van der Waals surface area contributed by atoms with E-state index >= 15 is 0 Å². The van der Waals surface area contributed by atoms with Gasteiger partial charge in [-0.2, -0.15) is 0 Å². The van der Waals surface area contributed by atoms with Gasteiger partial charge in [-0.05, 0) is 48.7 Å². The Labute approximate surface area is 168 Å². The summed E-state index contributed by atoms with van der Waals surface area (Å²) in [5.74, 6) is 1.12. The largest absolute Gasteiger partial charge is 0.454 e. The number of hydrogen-bond acceptors (Lipinski definition) is 5. The highest BCUT2D eigenvalue weighted by Gasteiger charge is 2.26. The minimum atomic E-state index is -3.33. The van der Waals surface area contributed by atoms with Crippen LogP contribution in [-0.4, -0.2) is 33.4 Å². The van der Waals surface area contributed by atoms with Crippen molar-refractivity contribution >= 4 is 33.2 Å². The Morgan fingerprint density at radius 2 is 1.93 bits per heavy atom. The Morgan fingerprint density at radius 1 is 1.11 bits per heavy atom. The van der Waals surface area contributed by atoms with E-state index in [1.54, 1.807) is 18.2 Å². The monoisotopic (exact) mass is 422 g/mol. The first-order valence-electron chi connectivity index (χ1n) is 8.91. The molecule has 2 aliphatic heterocycles. The summed E-state index contributed by atoms with van der Waals surface area (Å²) < 4.78 is 36.4. The molecule has 0 unspecified atom stereocenters. The topological polar surface area (TPSA) is 84.9 Å². The predicted octanol–water partition coefficient (Wildman–Crippen LogP) is 2.93. The molecule has 1 saturated heterocycles. The van der Waals surface area contributed by atoms with Crippen LogP contribution in [0.5, 0.6) is 11.5 Å². The van der Waals surface area contributed by atoms with Crippen LogP contribution in [0.1, 0.15) is 28.8 Å². The van der Waals surface area contributed by atoms with Crippen LogP contribution < -0.4 is 19.1 Å². The van der Waals surface area contributed by atoms with Crippen LogP contribution in [0.4, 0.5) is 5.69 Å². The lowest BCUT2D eigenvalue weighted by atomic mass is 10.1. The van der Waals surface area contributed by atoms with Crippen molar-refractivity contribution in [3.05, 3.63) is 52.5 Å². The number of rotatable bonds is 4. The zero-order chi connectivity index (χ0) is 19.7. The number of carbonyl (C=O) groups excluding carboxylic acids is 1. The summed E-state index contributed by atoms with van der Waals surface area (Å²) in [6.07, 6.45) is 1.46. The van der Waals surface area contributed by atoms with E-state index in [1.807, 2.05) is 12.1 Å². The molecule has 2 heterocycles. The van der Waals surface area contributed by atoms with E-state index in [0.717, 1.165) is 12.0 Å². The van der Waals surface area contributed by atoms with Gasteiger partial charge in [0, 0.05) is 13.1 Å². The minimum Gasteiger partial charge on any atom is -0.454 e. The van der Waals surface area contributed by atoms with Crippen molar-refractivity contribution in [2.24, 2.45) is 0 Å². The second-order valence-electron chi connectivity index (χ2n) is 6.63. The fourth-order valence-electron chi connectivity index (χ4n) is 3.25. The Balaban J connectivity index is 1.46. The molecule has 28 heavy (non-hydrogen) atoms. The Bertz CT molecular complexity index is 1020. The number of amides is 1. The normalized spacial score (nSPS) is 17.4. The molecule has 148 valence electrons. The lowest BCUT2D eigenvalue weighted by Crippen LogP contribution is -2.37. The Hall–Kier alpha value is -2.45. The van der Waals surface area contributed by atoms with Crippen LogP contribution in [0.25, 0.3) is 0 Å². The molecular weight excluding hydrogens is 404 g/mol. The molecule has 2 aromatic carbocycles. The van der Waals surface area contributed by atoms with Crippen LogP contribution >= 0.6 is 11.6 Å². The number of fused-ring (bicyclic) bond motifs is 1. The number of ether oxygens (including phenoxy) is 2. The van der Waals surface area contributed by atoms with Crippen LogP contribution in [0.15, 0.2) is 36.4 Å². The van der Waals surface area contributed by atoms with E-state index in [0.29, 0.717) is 42.3 Å². The van der Waals surface area contributed by atoms with Gasteiger partial charge in [0.2, 0.25) is 16.8 Å². The first kappa shape index (κ1) is 18.9. The Morgan fingerprint density at radius 3 is 2.71 bits per heavy atom. The lowest BCUT2D eigenvalue weighted by molar-refractivity contribution is 0.0951. The van der Waals surface area contributed by atoms with E-state index in [1.165, 1.54) is 10.4 Å². The van der Waals surface area contributed by atoms with Gasteiger partial charge in [0.1, 0.15) is 0 Å². The maximum atomic E-state index is 12.5. The number of nitrogens with one attached hydrogen (secondary N) is 1. The van der Waals surface area contributed by atoms with Gasteiger partial charge < -0.3 is 14.8 Å². The van der Waals surface area contributed by atoms with Crippen LogP contribution in [-0.2, 0) is 16.6 Å². The standard InChI is InChI=1S/C19H19ClN2O5S/c20-16-10-14(22-7-1-2-8-28(22,24)25)4-5-15(16)19(23)21-11-13-3-6-17-18(9-13)27-12-26-17/h3-6,9-10H,1-2,7-8,11-12H2,(H,21,23). The van der Waals surface area contributed by atoms with Gasteiger partial charge in [-0.25, -0.2) is 8.42 Å². The van der Waals surface area contributed by atoms with Crippen molar-refractivity contribution in [2.45, 2.75) is 19.4 Å². The van der Waals surface area contributed by atoms with Crippen molar-refractivity contribution in [3.8, 4) is 11.5 Å². The summed E-state index contributed by atoms with van der Waals surface area (Å²) >= 11 is 6.28. The van der Waals surface area contributed by atoms with E-state index in [4.69, 9.17) is 21.1 Å². The number of sulfonamides is 1. The van der Waals surface area contributed by atoms with E-state index < -0.39 is 10.0 Å². The minimum absolute atomic E-state index is 0.127. The molecule has 0 aromatic heterocycles. The zero-order valence-electron chi connectivity index (χ0n) is 15.0. The molecule has 2 aliphatic rings. The number of halogens is 1. The van der Waals surface area contributed by atoms with E-state index in [9.17, 15) is 13.2 Å². The molecule has 9 heteroatoms. The Kier molecular flexibility index (Phi) is 5.07. The summed E-state index contributed by atoms with van der Waals surface area (Å²) in [5, 5.41) is 3.02. The maximum absolute atomic E-state index is 12.5. The number of carbonyl (C=O) groups is 1. The number of anilines is 1. The van der Waals surface area contributed by atoms with Crippen molar-refractivity contribution in [2.75, 3.05) is 23.4 Å². The van der Waals surface area contributed by atoms with Gasteiger partial charge in [0.15, 0.2) is 11.5 Å². The number of benzene rings is 2. The van der Waals surface area contributed by atoms with Crippen molar-refractivity contribution in [1.29, 1.82) is 0 Å². The van der Waals surface area contributed by atoms with Gasteiger partial charge >= 0.3 is 0 Å². The van der Waals surface area contributed by atoms with E-state index in [2.05, 4.69) is 5.32 Å². The number of nitrogens with zero attached hydrogens (tertiary/aromatic N) is 1. The molecule has 1 amide bonds. The molecule has 0 spiro atoms. The summed E-state index contributed by atoms with van der Waals surface area (Å²) in [5.41, 5.74) is 1.64. The average molecular weight is 423 g/mol. The van der Waals surface area contributed by atoms with Crippen molar-refractivity contribution in [3.63, 3.8) is 0 Å². The molecule has 2 aromatic rings. The van der Waals surface area contributed by atoms with E-state index in [-0.39, 0.29) is 23.5 Å². The molecule has 1 fully saturated rings. The first-order chi connectivity index (χ1) is 13.4. The zero-order valence-corrected chi connectivity index (χ0v) is 16.6. The second kappa shape index (κ2) is 7.52. The fraction of sp³-hybridized carbons (Fsp3) is 0.316. The maximum Gasteiger partial charge on any atom is 0.253 e. The average Bonchev–Trinajstić information content (AvgIpc) is 3.13. The van der Waals surface area contributed by atoms with Gasteiger partial charge in [0.05, 0.1) is 22.0 Å². The molecule has 4 rings (SSSR count). The van der Waals surface area contributed by atoms with Crippen LogP contribution in [0.2, 0.25) is 5.02 Å². The second-order valence-corrected chi connectivity index (χ2v) is 9.05. The predicted molar refractivity (Wildman–Crippen MR) is 106 cm³/mol. The third-order valence-electron chi connectivity index (χ3n) is 4.72. The molecule has 7 nitrogen and oxygen atoms in total. The summed E-state index contributed by atoms with van der Waals surface area (Å²) in [6, 6.07) is 10.2. The molecule has 0 radical (unpaired) electrons. The third-order valence-corrected chi connectivity index (χ3v) is 6.91. The van der Waals surface area contributed by atoms with Crippen molar-refractivity contribution in [1.82, 2.24) is 5.32 Å². The first-order valence-corrected chi connectivity index (χ1v) is 10.9.